The van der Waals surface area contributed by atoms with E-state index in [0.717, 1.165) is 37.2 Å². The van der Waals surface area contributed by atoms with Crippen LogP contribution in [-0.4, -0.2) is 29.3 Å². The average Bonchev–Trinajstić information content (AvgIpc) is 2.84. The summed E-state index contributed by atoms with van der Waals surface area (Å²) < 4.78 is 0. The molecule has 100 valence electrons. The van der Waals surface area contributed by atoms with Crippen molar-refractivity contribution >= 4 is 11.4 Å². The predicted molar refractivity (Wildman–Crippen MR) is 74.9 cm³/mol. The van der Waals surface area contributed by atoms with Crippen LogP contribution in [0.5, 0.6) is 0 Å². The normalized spacial score (nSPS) is 23.0. The first kappa shape index (κ1) is 13.1. The summed E-state index contributed by atoms with van der Waals surface area (Å²) in [6.45, 7) is 3.39. The highest BCUT2D eigenvalue weighted by molar-refractivity contribution is 5.54. The van der Waals surface area contributed by atoms with Gasteiger partial charge in [0.05, 0.1) is 23.8 Å². The molecule has 2 atom stereocenters. The molecule has 3 N–H and O–H groups in total. The second-order valence-electron chi connectivity index (χ2n) is 5.01. The zero-order valence-electron chi connectivity index (χ0n) is 11.0. The number of pyridine rings is 1. The first-order chi connectivity index (χ1) is 8.83. The quantitative estimate of drug-likeness (QED) is 0.725. The highest BCUT2D eigenvalue weighted by atomic mass is 16.3. The Bertz CT molecular complexity index is 370. The molecule has 1 fully saturated rings. The van der Waals surface area contributed by atoms with E-state index in [0.29, 0.717) is 12.0 Å². The number of aliphatic hydroxyl groups excluding tert-OH is 1. The van der Waals surface area contributed by atoms with Crippen molar-refractivity contribution in [3.05, 3.63) is 18.5 Å². The number of hydrogen-bond acceptors (Lipinski definition) is 4. The monoisotopic (exact) mass is 249 g/mol. The molecular weight excluding hydrogens is 226 g/mol. The smallest absolute Gasteiger partial charge is 0.0549 e. The van der Waals surface area contributed by atoms with Crippen LogP contribution in [0.2, 0.25) is 0 Å². The van der Waals surface area contributed by atoms with E-state index >= 15 is 0 Å². The van der Waals surface area contributed by atoms with E-state index in [4.69, 9.17) is 0 Å². The summed E-state index contributed by atoms with van der Waals surface area (Å²) in [5, 5.41) is 16.1. The van der Waals surface area contributed by atoms with Crippen LogP contribution in [0.15, 0.2) is 18.5 Å². The van der Waals surface area contributed by atoms with E-state index in [9.17, 15) is 5.11 Å². The van der Waals surface area contributed by atoms with Crippen LogP contribution in [-0.2, 0) is 0 Å². The highest BCUT2D eigenvalue weighted by Crippen LogP contribution is 2.28. The first-order valence-corrected chi connectivity index (χ1v) is 6.89. The van der Waals surface area contributed by atoms with Crippen LogP contribution in [0.3, 0.4) is 0 Å². The lowest BCUT2D eigenvalue weighted by molar-refractivity contribution is 0.222. The summed E-state index contributed by atoms with van der Waals surface area (Å²) in [4.78, 5) is 4.24. The van der Waals surface area contributed by atoms with Gasteiger partial charge in [-0.3, -0.25) is 4.98 Å². The molecule has 0 amide bonds. The number of anilines is 2. The van der Waals surface area contributed by atoms with Gasteiger partial charge in [-0.15, -0.1) is 0 Å². The molecular formula is C14H23N3O. The number of nitrogens with zero attached hydrogens (tertiary/aromatic N) is 1. The summed E-state index contributed by atoms with van der Waals surface area (Å²) >= 11 is 0. The summed E-state index contributed by atoms with van der Waals surface area (Å²) in [5.41, 5.74) is 2.10. The van der Waals surface area contributed by atoms with Gasteiger partial charge in [0.15, 0.2) is 0 Å². The Morgan fingerprint density at radius 1 is 1.33 bits per heavy atom. The third-order valence-corrected chi connectivity index (χ3v) is 3.56. The summed E-state index contributed by atoms with van der Waals surface area (Å²) in [6.07, 6.45) is 8.26. The molecule has 0 spiro atoms. The molecule has 0 aliphatic heterocycles. The largest absolute Gasteiger partial charge is 0.396 e. The van der Waals surface area contributed by atoms with Gasteiger partial charge >= 0.3 is 0 Å². The molecule has 1 aromatic rings. The standard InChI is InChI=1S/C14H23N3O/c1-2-6-16-12-7-13(9-15-8-12)17-14-5-3-4-11(14)10-18/h7-9,11,14,16-18H,2-6,10H2,1H3. The van der Waals surface area contributed by atoms with E-state index < -0.39 is 0 Å². The van der Waals surface area contributed by atoms with Crippen LogP contribution >= 0.6 is 0 Å². The van der Waals surface area contributed by atoms with Crippen molar-refractivity contribution in [2.24, 2.45) is 5.92 Å². The minimum Gasteiger partial charge on any atom is -0.396 e. The van der Waals surface area contributed by atoms with Crippen LogP contribution < -0.4 is 10.6 Å². The molecule has 2 unspecified atom stereocenters. The SMILES string of the molecule is CCCNc1cncc(NC2CCCC2CO)c1. The fraction of sp³-hybridized carbons (Fsp3) is 0.643. The van der Waals surface area contributed by atoms with Crippen molar-refractivity contribution < 1.29 is 5.11 Å². The van der Waals surface area contributed by atoms with Gasteiger partial charge in [-0.1, -0.05) is 13.3 Å². The number of rotatable bonds is 6. The van der Waals surface area contributed by atoms with Crippen LogP contribution in [0, 0.1) is 5.92 Å². The minimum absolute atomic E-state index is 0.277. The van der Waals surface area contributed by atoms with Crippen molar-refractivity contribution in [3.8, 4) is 0 Å². The fourth-order valence-corrected chi connectivity index (χ4v) is 2.54. The number of nitrogens with one attached hydrogen (secondary N) is 2. The second-order valence-corrected chi connectivity index (χ2v) is 5.01. The van der Waals surface area contributed by atoms with E-state index in [1.165, 1.54) is 6.42 Å². The molecule has 1 aliphatic rings. The van der Waals surface area contributed by atoms with Crippen molar-refractivity contribution in [1.82, 2.24) is 4.98 Å². The van der Waals surface area contributed by atoms with Gasteiger partial charge in [0, 0.05) is 25.1 Å². The van der Waals surface area contributed by atoms with Gasteiger partial charge in [-0.25, -0.2) is 0 Å². The summed E-state index contributed by atoms with van der Waals surface area (Å²) in [5.74, 6) is 0.386. The van der Waals surface area contributed by atoms with E-state index in [1.807, 2.05) is 12.4 Å². The maximum Gasteiger partial charge on any atom is 0.0549 e. The molecule has 0 bridgehead atoms. The number of hydrogen-bond donors (Lipinski definition) is 3. The van der Waals surface area contributed by atoms with Crippen molar-refractivity contribution in [2.45, 2.75) is 38.6 Å². The van der Waals surface area contributed by atoms with E-state index in [1.54, 1.807) is 0 Å². The van der Waals surface area contributed by atoms with Gasteiger partial charge in [0.25, 0.3) is 0 Å². The Balaban J connectivity index is 1.96. The van der Waals surface area contributed by atoms with Crippen molar-refractivity contribution in [2.75, 3.05) is 23.8 Å². The van der Waals surface area contributed by atoms with Crippen LogP contribution in [0.4, 0.5) is 11.4 Å². The number of aliphatic hydroxyl groups is 1. The average molecular weight is 249 g/mol. The lowest BCUT2D eigenvalue weighted by Crippen LogP contribution is -2.26. The maximum atomic E-state index is 9.32. The molecule has 1 aliphatic carbocycles. The van der Waals surface area contributed by atoms with Gasteiger partial charge in [-0.05, 0) is 25.3 Å². The van der Waals surface area contributed by atoms with Gasteiger partial charge < -0.3 is 15.7 Å². The molecule has 18 heavy (non-hydrogen) atoms. The molecule has 4 heteroatoms. The zero-order valence-corrected chi connectivity index (χ0v) is 11.0. The predicted octanol–water partition coefficient (Wildman–Crippen LogP) is 2.48. The molecule has 1 saturated carbocycles. The summed E-state index contributed by atoms with van der Waals surface area (Å²) in [7, 11) is 0. The third kappa shape index (κ3) is 3.35. The Labute approximate surface area is 109 Å². The molecule has 1 aromatic heterocycles. The molecule has 2 rings (SSSR count). The lowest BCUT2D eigenvalue weighted by atomic mass is 10.1. The number of aromatic nitrogens is 1. The third-order valence-electron chi connectivity index (χ3n) is 3.56. The van der Waals surface area contributed by atoms with Crippen molar-refractivity contribution in [1.29, 1.82) is 0 Å². The lowest BCUT2D eigenvalue weighted by Gasteiger charge is -2.20. The Kier molecular flexibility index (Phi) is 4.81. The fourth-order valence-electron chi connectivity index (χ4n) is 2.54. The Hall–Kier alpha value is -1.29. The molecule has 0 saturated heterocycles. The highest BCUT2D eigenvalue weighted by Gasteiger charge is 2.26. The van der Waals surface area contributed by atoms with Crippen LogP contribution in [0.25, 0.3) is 0 Å². The Morgan fingerprint density at radius 2 is 2.17 bits per heavy atom. The van der Waals surface area contributed by atoms with Crippen LogP contribution in [0.1, 0.15) is 32.6 Å². The molecule has 1 heterocycles. The molecule has 0 aromatic carbocycles. The van der Waals surface area contributed by atoms with Gasteiger partial charge in [0.2, 0.25) is 0 Å². The van der Waals surface area contributed by atoms with E-state index in [2.05, 4.69) is 28.6 Å². The second kappa shape index (κ2) is 6.59. The topological polar surface area (TPSA) is 57.2 Å². The molecule has 0 radical (unpaired) electrons. The Morgan fingerprint density at radius 3 is 2.94 bits per heavy atom. The van der Waals surface area contributed by atoms with Gasteiger partial charge in [-0.2, -0.15) is 0 Å². The first-order valence-electron chi connectivity index (χ1n) is 6.89. The minimum atomic E-state index is 0.277. The van der Waals surface area contributed by atoms with Gasteiger partial charge in [0.1, 0.15) is 0 Å². The summed E-state index contributed by atoms with van der Waals surface area (Å²) in [6, 6.07) is 2.48. The van der Waals surface area contributed by atoms with E-state index in [-0.39, 0.29) is 6.61 Å². The van der Waals surface area contributed by atoms with Crippen molar-refractivity contribution in [3.63, 3.8) is 0 Å². The maximum absolute atomic E-state index is 9.32. The zero-order chi connectivity index (χ0) is 12.8. The molecule has 4 nitrogen and oxygen atoms in total.